The fourth-order valence-electron chi connectivity index (χ4n) is 12.3. The minimum Gasteiger partial charge on any atom is -0.507 e. The van der Waals surface area contributed by atoms with E-state index in [1.54, 1.807) is 27.7 Å². The second-order valence-corrected chi connectivity index (χ2v) is 22.7. The lowest BCUT2D eigenvalue weighted by Gasteiger charge is -2.46. The summed E-state index contributed by atoms with van der Waals surface area (Å²) >= 11 is 0. The van der Waals surface area contributed by atoms with Gasteiger partial charge in [-0.05, 0) is 78.0 Å². The van der Waals surface area contributed by atoms with E-state index in [-0.39, 0.29) is 66.2 Å². The summed E-state index contributed by atoms with van der Waals surface area (Å²) in [6.45, 7) is 13.3. The Kier molecular flexibility index (Phi) is 20.3. The number of fused-ring (bicyclic) bond motifs is 2. The van der Waals surface area contributed by atoms with Crippen LogP contribution in [0.4, 0.5) is 0 Å². The first-order valence-corrected chi connectivity index (χ1v) is 27.8. The minimum absolute atomic E-state index is 0.0246. The number of phenolic OH excluding ortho intramolecular Hbond substituents is 2. The molecule has 2 aromatic rings. The number of benzene rings is 2. The third-order valence-corrected chi connectivity index (χ3v) is 16.2. The van der Waals surface area contributed by atoms with Gasteiger partial charge in [-0.15, -0.1) is 0 Å². The van der Waals surface area contributed by atoms with Gasteiger partial charge in [0.15, 0.2) is 48.9 Å². The van der Waals surface area contributed by atoms with E-state index in [0.29, 0.717) is 0 Å². The van der Waals surface area contributed by atoms with E-state index in [2.05, 4.69) is 0 Å². The number of ether oxygens (including phenoxy) is 14. The highest BCUT2D eigenvalue weighted by Crippen LogP contribution is 2.46. The van der Waals surface area contributed by atoms with Crippen molar-refractivity contribution in [2.75, 3.05) is 14.2 Å². The molecule has 5 aliphatic heterocycles. The number of aliphatic hydroxyl groups excluding tert-OH is 5. The molecule has 0 spiro atoms. The van der Waals surface area contributed by atoms with Crippen LogP contribution < -0.4 is 4.74 Å². The molecule has 8 N–H and O–H groups in total. The van der Waals surface area contributed by atoms with Crippen molar-refractivity contribution in [2.24, 2.45) is 5.92 Å². The first-order chi connectivity index (χ1) is 38.6. The Morgan fingerprint density at radius 2 is 1.22 bits per heavy atom. The molecule has 26 heteroatoms. The van der Waals surface area contributed by atoms with Crippen LogP contribution >= 0.6 is 0 Å². The van der Waals surface area contributed by atoms with Gasteiger partial charge in [0.1, 0.15) is 65.6 Å². The maximum Gasteiger partial charge on any atom is 0.303 e. The van der Waals surface area contributed by atoms with E-state index in [9.17, 15) is 55.2 Å². The van der Waals surface area contributed by atoms with E-state index < -0.39 is 188 Å². The Balaban J connectivity index is 1.02. The van der Waals surface area contributed by atoms with Gasteiger partial charge in [-0.2, -0.15) is 0 Å². The third kappa shape index (κ3) is 13.8. The number of rotatable bonds is 18. The first kappa shape index (κ1) is 63.7. The minimum atomic E-state index is -1.96. The molecule has 25 atom stereocenters. The maximum atomic E-state index is 15.1. The van der Waals surface area contributed by atoms with Gasteiger partial charge in [0.25, 0.3) is 0 Å². The number of ketones is 2. The molecular weight excluding hydrogens is 1090 g/mol. The molecule has 460 valence electrons. The quantitative estimate of drug-likeness (QED) is 0.0973. The monoisotopic (exact) mass is 1170 g/mol. The second kappa shape index (κ2) is 26.1. The fourth-order valence-corrected chi connectivity index (χ4v) is 12.3. The number of hydrogen-bond acceptors (Lipinski definition) is 26. The summed E-state index contributed by atoms with van der Waals surface area (Å²) in [7, 11) is 2.64. The third-order valence-electron chi connectivity index (χ3n) is 16.2. The van der Waals surface area contributed by atoms with Gasteiger partial charge in [-0.25, -0.2) is 0 Å². The number of phenols is 2. The fraction of sp³-hybridized carbons (Fsp3) is 0.750. The predicted molar refractivity (Wildman–Crippen MR) is 278 cm³/mol. The van der Waals surface area contributed by atoms with Crippen LogP contribution in [0.3, 0.4) is 0 Å². The topological polar surface area (TPSA) is 359 Å². The molecule has 0 amide bonds. The Bertz CT molecular complexity index is 2570. The van der Waals surface area contributed by atoms with E-state index in [1.165, 1.54) is 67.0 Å². The predicted octanol–water partition coefficient (Wildman–Crippen LogP) is 1.24. The van der Waals surface area contributed by atoms with Crippen molar-refractivity contribution in [3.05, 3.63) is 29.3 Å². The van der Waals surface area contributed by atoms with Crippen LogP contribution in [0.5, 0.6) is 17.2 Å². The summed E-state index contributed by atoms with van der Waals surface area (Å²) in [4.78, 5) is 53.0. The molecule has 5 fully saturated rings. The largest absolute Gasteiger partial charge is 0.507 e. The number of Topliss-reactive ketones (excluding diaryl/α,β-unsaturated/α-hetero) is 2. The van der Waals surface area contributed by atoms with E-state index in [0.717, 1.165) is 0 Å². The zero-order valence-electron chi connectivity index (χ0n) is 47.8. The molecule has 5 heterocycles. The summed E-state index contributed by atoms with van der Waals surface area (Å²) < 4.78 is 83.9. The van der Waals surface area contributed by atoms with Crippen molar-refractivity contribution in [2.45, 2.75) is 248 Å². The van der Waals surface area contributed by atoms with Gasteiger partial charge in [0, 0.05) is 72.2 Å². The summed E-state index contributed by atoms with van der Waals surface area (Å²) in [5.74, 6) is -5.43. The molecule has 5 saturated heterocycles. The lowest BCUT2D eigenvalue weighted by Crippen LogP contribution is -2.59. The van der Waals surface area contributed by atoms with E-state index in [4.69, 9.17) is 66.3 Å². The van der Waals surface area contributed by atoms with Gasteiger partial charge in [0.2, 0.25) is 6.29 Å². The van der Waals surface area contributed by atoms with Gasteiger partial charge >= 0.3 is 11.9 Å². The smallest absolute Gasteiger partial charge is 0.303 e. The highest BCUT2D eigenvalue weighted by atomic mass is 16.7. The number of esters is 2. The Hall–Kier alpha value is -4.30. The maximum absolute atomic E-state index is 15.1. The molecule has 1 aliphatic carbocycles. The highest BCUT2D eigenvalue weighted by molar-refractivity contribution is 6.11. The summed E-state index contributed by atoms with van der Waals surface area (Å²) in [5, 5.41) is 89.5. The highest BCUT2D eigenvalue weighted by Gasteiger charge is 2.52. The van der Waals surface area contributed by atoms with Gasteiger partial charge in [-0.3, -0.25) is 19.2 Å². The van der Waals surface area contributed by atoms with Crippen LogP contribution in [0.25, 0.3) is 10.8 Å². The molecule has 0 radical (unpaired) electrons. The number of hydrogen-bond donors (Lipinski definition) is 8. The zero-order chi connectivity index (χ0) is 60.0. The van der Waals surface area contributed by atoms with Crippen LogP contribution in [0.15, 0.2) is 18.2 Å². The normalized spacial score (nSPS) is 40.1. The SMILES string of the molecule is CO[C@@H]1[C@H](O)C[C@@H](O[C@@H]2C[C@@H](Oc3cc(O)c4c(O)c5c(cc4c3)C[C@@H]([C@H](OC)C(=O)[C@@H](O)[C@@H](C)O)[C@H](O[C@H]3C[C@@H](O[C@H]4C[C@@H](O[C@H]6C[C@](C)(O)[C@@H](OC(C)=O)[C@H](C)O6)[C@H](O)[C@@H](C)O4)[C@H](O)[C@@H](C)O3)C5=O)O[C@H](C)[C@@H]2OC(C)=O)O[C@@H]1C. The average molecular weight is 1170 g/mol. The first-order valence-electron chi connectivity index (χ1n) is 27.8. The van der Waals surface area contributed by atoms with Gasteiger partial charge < -0.3 is 107 Å². The van der Waals surface area contributed by atoms with Crippen molar-refractivity contribution >= 4 is 34.3 Å². The van der Waals surface area contributed by atoms with Crippen molar-refractivity contribution in [1.29, 1.82) is 0 Å². The lowest BCUT2D eigenvalue weighted by molar-refractivity contribution is -0.334. The van der Waals surface area contributed by atoms with Gasteiger partial charge in [0.05, 0.1) is 65.9 Å². The molecule has 8 rings (SSSR count). The molecular formula is C56H80O26. The number of aromatic hydroxyl groups is 2. The zero-order valence-corrected chi connectivity index (χ0v) is 47.8. The van der Waals surface area contributed by atoms with Crippen molar-refractivity contribution in [3.63, 3.8) is 0 Å². The summed E-state index contributed by atoms with van der Waals surface area (Å²) in [5.41, 5.74) is -1.65. The van der Waals surface area contributed by atoms with E-state index in [1.807, 2.05) is 0 Å². The molecule has 82 heavy (non-hydrogen) atoms. The lowest BCUT2D eigenvalue weighted by atomic mass is 9.75. The number of carbonyl (C=O) groups is 4. The number of methoxy groups -OCH3 is 2. The van der Waals surface area contributed by atoms with Crippen LogP contribution in [0.2, 0.25) is 0 Å². The van der Waals surface area contributed by atoms with Crippen molar-refractivity contribution in [3.8, 4) is 17.2 Å². The molecule has 26 nitrogen and oxygen atoms in total. The molecule has 6 aliphatic rings. The van der Waals surface area contributed by atoms with Crippen LogP contribution in [0.1, 0.15) is 110 Å². The van der Waals surface area contributed by atoms with Crippen molar-refractivity contribution < 1.29 is 126 Å². The Morgan fingerprint density at radius 3 is 1.79 bits per heavy atom. The van der Waals surface area contributed by atoms with Gasteiger partial charge in [-0.1, -0.05) is 0 Å². The molecule has 0 aromatic heterocycles. The van der Waals surface area contributed by atoms with E-state index >= 15 is 4.79 Å². The van der Waals surface area contributed by atoms with Crippen molar-refractivity contribution in [1.82, 2.24) is 0 Å². The molecule has 0 unspecified atom stereocenters. The average Bonchev–Trinajstić information content (AvgIpc) is 1.48. The van der Waals surface area contributed by atoms with Crippen LogP contribution in [0, 0.1) is 5.92 Å². The summed E-state index contributed by atoms with van der Waals surface area (Å²) in [6, 6.07) is 4.19. The molecule has 0 saturated carbocycles. The second-order valence-electron chi connectivity index (χ2n) is 22.7. The number of carbonyl (C=O) groups excluding carboxylic acids is 4. The number of aliphatic hydroxyl groups is 6. The Morgan fingerprint density at radius 1 is 0.683 bits per heavy atom. The summed E-state index contributed by atoms with van der Waals surface area (Å²) in [6.07, 6.45) is -25.8. The molecule has 2 aromatic carbocycles. The Labute approximate surface area is 473 Å². The standard InChI is InChI=1S/C56H80O26/c1-21(57)45(62)50(67)53(70-11)32-14-30-12-29-13-31(78-39-19-37(52(25(5)74-39)76-27(7)58)81-38-16-34(61)51(69-10)24(4)73-38)15-33(60)43(29)48(65)44(30)49(66)54(32)82-41-18-35(46(63)23(3)72-41)79-40-17-36(47(64)22(2)71-40)80-42-20-56(9,68)55(26(6)75-42)77-28(8)59/h12-13,15,21-26,32,34-42,45-47,51-55,57,60-65,68H,14,16-20H2,1-11H3/t21-,22-,23-,24-,25-,26+,32+,34-,35-,36-,37-,38-,39-,40+,41+,42+,45+,46-,47-,51+,52+,53+,54+,55+,56+/m1/s1. The van der Waals surface area contributed by atoms with Crippen LogP contribution in [-0.2, 0) is 82.4 Å². The van der Waals surface area contributed by atoms with Crippen LogP contribution in [-0.4, -0.2) is 225 Å². The molecule has 0 bridgehead atoms.